The molecule has 1 aromatic carbocycles. The summed E-state index contributed by atoms with van der Waals surface area (Å²) in [5.41, 5.74) is 2.14. The molecule has 21 heavy (non-hydrogen) atoms. The van der Waals surface area contributed by atoms with Gasteiger partial charge in [0.25, 0.3) is 0 Å². The van der Waals surface area contributed by atoms with E-state index in [1.165, 1.54) is 5.56 Å². The molecule has 1 aromatic heterocycles. The van der Waals surface area contributed by atoms with Crippen molar-refractivity contribution in [1.82, 2.24) is 5.32 Å². The number of benzene rings is 1. The van der Waals surface area contributed by atoms with Gasteiger partial charge in [0.1, 0.15) is 17.1 Å². The van der Waals surface area contributed by atoms with E-state index in [2.05, 4.69) is 57.9 Å². The third-order valence-electron chi connectivity index (χ3n) is 3.37. The van der Waals surface area contributed by atoms with Gasteiger partial charge < -0.3 is 14.5 Å². The molecular formula is C16H21Br2NO2. The molecule has 3 nitrogen and oxygen atoms in total. The van der Waals surface area contributed by atoms with E-state index >= 15 is 0 Å². The van der Waals surface area contributed by atoms with E-state index in [9.17, 15) is 0 Å². The third-order valence-corrected chi connectivity index (χ3v) is 4.75. The summed E-state index contributed by atoms with van der Waals surface area (Å²) < 4.78 is 13.5. The minimum Gasteiger partial charge on any atom is -0.496 e. The molecule has 0 saturated heterocycles. The highest BCUT2D eigenvalue weighted by Gasteiger charge is 2.21. The highest BCUT2D eigenvalue weighted by Crippen LogP contribution is 2.43. The largest absolute Gasteiger partial charge is 0.496 e. The Morgan fingerprint density at radius 1 is 1.33 bits per heavy atom. The van der Waals surface area contributed by atoms with E-state index in [0.29, 0.717) is 5.92 Å². The molecule has 0 aliphatic heterocycles. The molecule has 0 saturated carbocycles. The molecule has 5 heteroatoms. The average molecular weight is 419 g/mol. The Labute approximate surface area is 142 Å². The summed E-state index contributed by atoms with van der Waals surface area (Å²) in [5.74, 6) is 2.38. The van der Waals surface area contributed by atoms with Crippen molar-refractivity contribution in [2.75, 3.05) is 13.7 Å². The molecule has 0 aliphatic rings. The van der Waals surface area contributed by atoms with Gasteiger partial charge in [-0.05, 0) is 56.8 Å². The molecule has 0 radical (unpaired) electrons. The van der Waals surface area contributed by atoms with Crippen LogP contribution in [0.5, 0.6) is 5.75 Å². The van der Waals surface area contributed by atoms with Crippen LogP contribution in [0.3, 0.4) is 0 Å². The average Bonchev–Trinajstić information content (AvgIpc) is 2.79. The molecule has 2 aromatic rings. The molecule has 0 atom stereocenters. The summed E-state index contributed by atoms with van der Waals surface area (Å²) in [6, 6.07) is 1.94. The molecule has 0 fully saturated rings. The van der Waals surface area contributed by atoms with E-state index in [-0.39, 0.29) is 0 Å². The zero-order valence-corrected chi connectivity index (χ0v) is 16.0. The van der Waals surface area contributed by atoms with Crippen LogP contribution in [0.15, 0.2) is 19.4 Å². The molecule has 1 heterocycles. The first-order valence-corrected chi connectivity index (χ1v) is 8.75. The van der Waals surface area contributed by atoms with Crippen LogP contribution in [0.1, 0.15) is 32.1 Å². The maximum Gasteiger partial charge on any atom is 0.150 e. The smallest absolute Gasteiger partial charge is 0.150 e. The lowest BCUT2D eigenvalue weighted by Gasteiger charge is -2.09. The Balaban J connectivity index is 2.68. The first-order chi connectivity index (χ1) is 9.99. The normalized spacial score (nSPS) is 11.6. The second-order valence-corrected chi connectivity index (χ2v) is 7.11. The fraction of sp³-hybridized carbons (Fsp3) is 0.500. The highest BCUT2D eigenvalue weighted by atomic mass is 79.9. The van der Waals surface area contributed by atoms with Crippen molar-refractivity contribution >= 4 is 42.8 Å². The second-order valence-electron chi connectivity index (χ2n) is 5.46. The molecule has 0 unspecified atom stereocenters. The lowest BCUT2D eigenvalue weighted by Crippen LogP contribution is -2.12. The molecule has 1 N–H and O–H groups in total. The Hall–Kier alpha value is -0.520. The minimum atomic E-state index is 0.558. The van der Waals surface area contributed by atoms with Gasteiger partial charge in [-0.2, -0.15) is 0 Å². The standard InChI is InChI=1S/C16H21Br2NO2/c1-5-19-8-13-10(6-9(2)3)14-15(18)12(20-4)7-11(17)16(14)21-13/h7,9,19H,5-6,8H2,1-4H3. The van der Waals surface area contributed by atoms with Crippen molar-refractivity contribution in [3.63, 3.8) is 0 Å². The zero-order valence-electron chi connectivity index (χ0n) is 12.8. The van der Waals surface area contributed by atoms with E-state index in [1.54, 1.807) is 7.11 Å². The van der Waals surface area contributed by atoms with E-state index in [4.69, 9.17) is 9.15 Å². The van der Waals surface area contributed by atoms with E-state index < -0.39 is 0 Å². The number of halogens is 2. The predicted molar refractivity (Wildman–Crippen MR) is 94.1 cm³/mol. The fourth-order valence-corrected chi connectivity index (χ4v) is 3.62. The minimum absolute atomic E-state index is 0.558. The van der Waals surface area contributed by atoms with E-state index in [0.717, 1.165) is 50.9 Å². The molecule has 0 aliphatic carbocycles. The maximum atomic E-state index is 6.12. The molecule has 2 rings (SSSR count). The van der Waals surface area contributed by atoms with Gasteiger partial charge in [0.2, 0.25) is 0 Å². The molecule has 0 amide bonds. The van der Waals surface area contributed by atoms with Crippen LogP contribution in [0, 0.1) is 5.92 Å². The maximum absolute atomic E-state index is 6.12. The molecule has 0 spiro atoms. The summed E-state index contributed by atoms with van der Waals surface area (Å²) in [6.45, 7) is 8.20. The molecule has 0 bridgehead atoms. The predicted octanol–water partition coefficient (Wildman–Crippen LogP) is 5.27. The first-order valence-electron chi connectivity index (χ1n) is 7.16. The van der Waals surface area contributed by atoms with Gasteiger partial charge in [0.05, 0.1) is 22.6 Å². The fourth-order valence-electron chi connectivity index (χ4n) is 2.43. The van der Waals surface area contributed by atoms with Gasteiger partial charge in [-0.1, -0.05) is 20.8 Å². The summed E-state index contributed by atoms with van der Waals surface area (Å²) in [5, 5.41) is 4.46. The van der Waals surface area contributed by atoms with Crippen molar-refractivity contribution in [2.45, 2.75) is 33.7 Å². The van der Waals surface area contributed by atoms with Gasteiger partial charge in [0, 0.05) is 10.9 Å². The second kappa shape index (κ2) is 7.16. The van der Waals surface area contributed by atoms with Gasteiger partial charge in [-0.25, -0.2) is 0 Å². The van der Waals surface area contributed by atoms with Crippen LogP contribution in [-0.2, 0) is 13.0 Å². The SMILES string of the molecule is CCNCc1oc2c(Br)cc(OC)c(Br)c2c1CC(C)C. The third kappa shape index (κ3) is 3.46. The van der Waals surface area contributed by atoms with Crippen LogP contribution in [0.2, 0.25) is 0 Å². The van der Waals surface area contributed by atoms with Crippen LogP contribution in [0.25, 0.3) is 11.0 Å². The number of fused-ring (bicyclic) bond motifs is 1. The Bertz CT molecular complexity index is 635. The quantitative estimate of drug-likeness (QED) is 0.693. The summed E-state index contributed by atoms with van der Waals surface area (Å²) >= 11 is 7.26. The number of hydrogen-bond donors (Lipinski definition) is 1. The molecule has 116 valence electrons. The molecular weight excluding hydrogens is 398 g/mol. The van der Waals surface area contributed by atoms with Crippen molar-refractivity contribution in [1.29, 1.82) is 0 Å². The van der Waals surface area contributed by atoms with Gasteiger partial charge in [-0.15, -0.1) is 0 Å². The van der Waals surface area contributed by atoms with Crippen LogP contribution < -0.4 is 10.1 Å². The Morgan fingerprint density at radius 3 is 2.62 bits per heavy atom. The lowest BCUT2D eigenvalue weighted by atomic mass is 9.99. The monoisotopic (exact) mass is 417 g/mol. The first kappa shape index (κ1) is 16.8. The van der Waals surface area contributed by atoms with Gasteiger partial charge in [-0.3, -0.25) is 0 Å². The Kier molecular flexibility index (Phi) is 5.74. The van der Waals surface area contributed by atoms with Gasteiger partial charge >= 0.3 is 0 Å². The number of ether oxygens (including phenoxy) is 1. The zero-order chi connectivity index (χ0) is 15.6. The number of methoxy groups -OCH3 is 1. The highest BCUT2D eigenvalue weighted by molar-refractivity contribution is 9.11. The van der Waals surface area contributed by atoms with Crippen molar-refractivity contribution < 1.29 is 9.15 Å². The lowest BCUT2D eigenvalue weighted by molar-refractivity contribution is 0.412. The topological polar surface area (TPSA) is 34.4 Å². The number of hydrogen-bond acceptors (Lipinski definition) is 3. The summed E-state index contributed by atoms with van der Waals surface area (Å²) in [7, 11) is 1.68. The Morgan fingerprint density at radius 2 is 2.05 bits per heavy atom. The van der Waals surface area contributed by atoms with Crippen LogP contribution >= 0.6 is 31.9 Å². The van der Waals surface area contributed by atoms with Crippen LogP contribution in [-0.4, -0.2) is 13.7 Å². The number of furan rings is 1. The van der Waals surface area contributed by atoms with Gasteiger partial charge in [0.15, 0.2) is 0 Å². The summed E-state index contributed by atoms with van der Waals surface area (Å²) in [4.78, 5) is 0. The van der Waals surface area contributed by atoms with E-state index in [1.807, 2.05) is 6.07 Å². The number of nitrogens with one attached hydrogen (secondary N) is 1. The van der Waals surface area contributed by atoms with Crippen molar-refractivity contribution in [3.8, 4) is 5.75 Å². The van der Waals surface area contributed by atoms with Crippen molar-refractivity contribution in [3.05, 3.63) is 26.3 Å². The van der Waals surface area contributed by atoms with Crippen molar-refractivity contribution in [2.24, 2.45) is 5.92 Å². The summed E-state index contributed by atoms with van der Waals surface area (Å²) in [6.07, 6.45) is 0.978. The number of rotatable bonds is 6. The van der Waals surface area contributed by atoms with Crippen LogP contribution in [0.4, 0.5) is 0 Å².